The van der Waals surface area contributed by atoms with E-state index in [1.54, 1.807) is 11.8 Å². The van der Waals surface area contributed by atoms with Crippen molar-refractivity contribution >= 4 is 23.3 Å². The first-order valence-corrected chi connectivity index (χ1v) is 9.15. The van der Waals surface area contributed by atoms with Crippen molar-refractivity contribution in [2.45, 2.75) is 38.6 Å². The molecule has 1 aliphatic rings. The lowest BCUT2D eigenvalue weighted by molar-refractivity contribution is 0.103. The Hall–Kier alpha value is -2.28. The van der Waals surface area contributed by atoms with Gasteiger partial charge in [0.05, 0.1) is 11.9 Å². The highest BCUT2D eigenvalue weighted by atomic mass is 32.2. The molecular weight excluding hydrogens is 338 g/mol. The van der Waals surface area contributed by atoms with Crippen LogP contribution < -0.4 is 0 Å². The lowest BCUT2D eigenvalue weighted by Crippen LogP contribution is -2.16. The molecular formula is C18H21N3O3S. The fourth-order valence-corrected chi connectivity index (χ4v) is 4.35. The average Bonchev–Trinajstić information content (AvgIpc) is 2.98. The molecule has 1 aromatic heterocycles. The molecule has 2 aromatic rings. The van der Waals surface area contributed by atoms with Crippen LogP contribution in [0.3, 0.4) is 0 Å². The van der Waals surface area contributed by atoms with Gasteiger partial charge in [0.2, 0.25) is 5.88 Å². The zero-order valence-corrected chi connectivity index (χ0v) is 15.6. The van der Waals surface area contributed by atoms with Crippen molar-refractivity contribution in [1.29, 1.82) is 0 Å². The molecule has 3 rings (SSSR count). The second kappa shape index (κ2) is 6.92. The maximum Gasteiger partial charge on any atom is 0.220 e. The van der Waals surface area contributed by atoms with Gasteiger partial charge in [0, 0.05) is 34.7 Å². The summed E-state index contributed by atoms with van der Waals surface area (Å²) in [6.45, 7) is 6.28. The standard InChI is InChI=1S/C18H21N3O3S/c1-5-21-18(23)13(9-19-21)16(22)12-8-10(2)17-15(11(12)3)14(20-24-4)6-7-25-17/h8-9,23H,5-7H2,1-4H3/b20-14+. The molecule has 0 saturated carbocycles. The zero-order valence-electron chi connectivity index (χ0n) is 14.8. The van der Waals surface area contributed by atoms with Gasteiger partial charge in [-0.25, -0.2) is 4.68 Å². The van der Waals surface area contributed by atoms with Crippen molar-refractivity contribution in [1.82, 2.24) is 9.78 Å². The quantitative estimate of drug-likeness (QED) is 0.669. The van der Waals surface area contributed by atoms with E-state index in [0.717, 1.165) is 39.5 Å². The molecule has 25 heavy (non-hydrogen) atoms. The summed E-state index contributed by atoms with van der Waals surface area (Å²) in [7, 11) is 1.53. The number of hydrogen-bond donors (Lipinski definition) is 1. The summed E-state index contributed by atoms with van der Waals surface area (Å²) in [5, 5.41) is 18.5. The molecule has 6 nitrogen and oxygen atoms in total. The SMILES string of the molecule is CCn1ncc(C(=O)c2cc(C)c3c(c2C)/C(=N/OC)CCS3)c1O. The summed E-state index contributed by atoms with van der Waals surface area (Å²) in [6.07, 6.45) is 2.22. The van der Waals surface area contributed by atoms with E-state index in [-0.39, 0.29) is 17.2 Å². The first-order valence-electron chi connectivity index (χ1n) is 8.16. The predicted molar refractivity (Wildman–Crippen MR) is 97.8 cm³/mol. The first kappa shape index (κ1) is 17.5. The van der Waals surface area contributed by atoms with E-state index < -0.39 is 0 Å². The molecule has 0 spiro atoms. The van der Waals surface area contributed by atoms with Gasteiger partial charge in [-0.2, -0.15) is 5.10 Å². The van der Waals surface area contributed by atoms with Crippen LogP contribution in [0.5, 0.6) is 5.88 Å². The van der Waals surface area contributed by atoms with E-state index in [2.05, 4.69) is 10.3 Å². The van der Waals surface area contributed by atoms with E-state index in [9.17, 15) is 9.90 Å². The number of hydrogen-bond acceptors (Lipinski definition) is 6. The molecule has 0 unspecified atom stereocenters. The maximum atomic E-state index is 13.0. The van der Waals surface area contributed by atoms with E-state index in [1.807, 2.05) is 26.8 Å². The summed E-state index contributed by atoms with van der Waals surface area (Å²) < 4.78 is 1.40. The van der Waals surface area contributed by atoms with Gasteiger partial charge in [0.25, 0.3) is 0 Å². The molecule has 0 bridgehead atoms. The second-order valence-electron chi connectivity index (χ2n) is 5.92. The van der Waals surface area contributed by atoms with Crippen molar-refractivity contribution in [2.24, 2.45) is 5.16 Å². The minimum atomic E-state index is -0.229. The molecule has 132 valence electrons. The van der Waals surface area contributed by atoms with Crippen LogP contribution in [0.2, 0.25) is 0 Å². The zero-order chi connectivity index (χ0) is 18.1. The van der Waals surface area contributed by atoms with E-state index in [1.165, 1.54) is 18.0 Å². The molecule has 7 heteroatoms. The smallest absolute Gasteiger partial charge is 0.220 e. The number of aryl methyl sites for hydroxylation is 2. The number of rotatable bonds is 4. The first-order chi connectivity index (χ1) is 12.0. The molecule has 0 radical (unpaired) electrons. The van der Waals surface area contributed by atoms with Crippen molar-refractivity contribution in [3.8, 4) is 5.88 Å². The van der Waals surface area contributed by atoms with Gasteiger partial charge in [0.15, 0.2) is 5.78 Å². The number of benzene rings is 1. The van der Waals surface area contributed by atoms with Gasteiger partial charge in [-0.05, 0) is 38.0 Å². The van der Waals surface area contributed by atoms with Crippen LogP contribution in [-0.4, -0.2) is 39.2 Å². The fourth-order valence-electron chi connectivity index (χ4n) is 3.15. The summed E-state index contributed by atoms with van der Waals surface area (Å²) in [5.74, 6) is 0.614. The third kappa shape index (κ3) is 2.93. The Balaban J connectivity index is 2.16. The van der Waals surface area contributed by atoms with Crippen LogP contribution >= 0.6 is 11.8 Å². The van der Waals surface area contributed by atoms with Crippen LogP contribution in [-0.2, 0) is 11.4 Å². The van der Waals surface area contributed by atoms with Gasteiger partial charge in [-0.15, -0.1) is 11.8 Å². The Morgan fingerprint density at radius 3 is 2.84 bits per heavy atom. The summed E-state index contributed by atoms with van der Waals surface area (Å²) in [4.78, 5) is 19.2. The van der Waals surface area contributed by atoms with Crippen LogP contribution in [0.15, 0.2) is 22.3 Å². The summed E-state index contributed by atoms with van der Waals surface area (Å²) in [5.41, 5.74) is 4.51. The predicted octanol–water partition coefficient (Wildman–Crippen LogP) is 3.30. The number of carbonyl (C=O) groups is 1. The topological polar surface area (TPSA) is 76.7 Å². The van der Waals surface area contributed by atoms with E-state index >= 15 is 0 Å². The average molecular weight is 359 g/mol. The number of fused-ring (bicyclic) bond motifs is 1. The van der Waals surface area contributed by atoms with Crippen molar-refractivity contribution in [3.63, 3.8) is 0 Å². The minimum Gasteiger partial charge on any atom is -0.493 e. The molecule has 0 saturated heterocycles. The van der Waals surface area contributed by atoms with E-state index in [4.69, 9.17) is 4.84 Å². The Morgan fingerprint density at radius 2 is 2.20 bits per heavy atom. The van der Waals surface area contributed by atoms with Crippen molar-refractivity contribution in [3.05, 3.63) is 40.1 Å². The number of aromatic nitrogens is 2. The maximum absolute atomic E-state index is 13.0. The molecule has 1 aromatic carbocycles. The minimum absolute atomic E-state index is 0.0950. The Kier molecular flexibility index (Phi) is 4.85. The Morgan fingerprint density at radius 1 is 1.44 bits per heavy atom. The fraction of sp³-hybridized carbons (Fsp3) is 0.389. The number of ketones is 1. The number of aromatic hydroxyl groups is 1. The Bertz CT molecular complexity index is 871. The van der Waals surface area contributed by atoms with Crippen molar-refractivity contribution < 1.29 is 14.7 Å². The highest BCUT2D eigenvalue weighted by Crippen LogP contribution is 2.37. The molecule has 0 aliphatic carbocycles. The number of thioether (sulfide) groups is 1. The normalized spacial score (nSPS) is 15.3. The molecule has 0 amide bonds. The molecule has 0 atom stereocenters. The molecule has 2 heterocycles. The van der Waals surface area contributed by atoms with Crippen LogP contribution in [0.25, 0.3) is 0 Å². The van der Waals surface area contributed by atoms with Gasteiger partial charge >= 0.3 is 0 Å². The van der Waals surface area contributed by atoms with Gasteiger partial charge < -0.3 is 9.94 Å². The molecule has 1 aliphatic heterocycles. The molecule has 1 N–H and O–H groups in total. The number of oxime groups is 1. The lowest BCUT2D eigenvalue weighted by atomic mass is 9.91. The van der Waals surface area contributed by atoms with E-state index in [0.29, 0.717) is 12.1 Å². The second-order valence-corrected chi connectivity index (χ2v) is 7.02. The van der Waals surface area contributed by atoms with Crippen LogP contribution in [0, 0.1) is 13.8 Å². The van der Waals surface area contributed by atoms with Crippen molar-refractivity contribution in [2.75, 3.05) is 12.9 Å². The lowest BCUT2D eigenvalue weighted by Gasteiger charge is -2.23. The van der Waals surface area contributed by atoms with Crippen LogP contribution in [0.4, 0.5) is 0 Å². The summed E-state index contributed by atoms with van der Waals surface area (Å²) in [6, 6.07) is 1.89. The van der Waals surface area contributed by atoms with Crippen LogP contribution in [0.1, 0.15) is 46.0 Å². The summed E-state index contributed by atoms with van der Waals surface area (Å²) >= 11 is 1.77. The van der Waals surface area contributed by atoms with Gasteiger partial charge in [-0.1, -0.05) is 5.16 Å². The number of carbonyl (C=O) groups excluding carboxylic acids is 1. The third-order valence-corrected chi connectivity index (χ3v) is 5.62. The van der Waals surface area contributed by atoms with Gasteiger partial charge in [-0.3, -0.25) is 4.79 Å². The monoisotopic (exact) mass is 359 g/mol. The molecule has 0 fully saturated rings. The number of nitrogens with zero attached hydrogens (tertiary/aromatic N) is 3. The highest BCUT2D eigenvalue weighted by Gasteiger charge is 2.27. The third-order valence-electron chi connectivity index (χ3n) is 4.40. The largest absolute Gasteiger partial charge is 0.493 e. The highest BCUT2D eigenvalue weighted by molar-refractivity contribution is 7.99. The Labute approximate surface area is 150 Å². The van der Waals surface area contributed by atoms with Gasteiger partial charge in [0.1, 0.15) is 12.7 Å².